The molecule has 0 aromatic heterocycles. The summed E-state index contributed by atoms with van der Waals surface area (Å²) in [5.74, 6) is -0.455. The molecule has 0 aliphatic carbocycles. The molecule has 1 aliphatic rings. The summed E-state index contributed by atoms with van der Waals surface area (Å²) in [6.45, 7) is 7.05. The van der Waals surface area contributed by atoms with Gasteiger partial charge in [-0.25, -0.2) is 9.59 Å². The quantitative estimate of drug-likeness (QED) is 0.314. The molecule has 1 aliphatic heterocycles. The van der Waals surface area contributed by atoms with E-state index in [-0.39, 0.29) is 6.61 Å². The number of carbonyl (C=O) groups excluding carboxylic acids is 2. The van der Waals surface area contributed by atoms with Crippen LogP contribution in [0.5, 0.6) is 0 Å². The van der Waals surface area contributed by atoms with Crippen LogP contribution >= 0.6 is 34.8 Å². The molecule has 2 N–H and O–H groups in total. The number of hydrogen-bond acceptors (Lipinski definition) is 5. The van der Waals surface area contributed by atoms with Gasteiger partial charge < -0.3 is 25.2 Å². The summed E-state index contributed by atoms with van der Waals surface area (Å²) in [6.07, 6.45) is 0. The molecule has 2 amide bonds. The van der Waals surface area contributed by atoms with Gasteiger partial charge in [0.15, 0.2) is 0 Å². The second kappa shape index (κ2) is 11.9. The summed E-state index contributed by atoms with van der Waals surface area (Å²) in [6, 6.07) is 15.4. The highest BCUT2D eigenvalue weighted by Crippen LogP contribution is 2.32. The number of urea groups is 1. The van der Waals surface area contributed by atoms with Crippen molar-refractivity contribution in [1.29, 1.82) is 0 Å². The largest absolute Gasteiger partial charge is 0.462 e. The molecule has 0 spiro atoms. The Hall–Kier alpha value is -3.13. The summed E-state index contributed by atoms with van der Waals surface area (Å²) in [4.78, 5) is 29.7. The predicted octanol–water partition coefficient (Wildman–Crippen LogP) is 7.10. The van der Waals surface area contributed by atoms with Crippen molar-refractivity contribution in [2.24, 2.45) is 0 Å². The number of nitrogens with zero attached hydrogens (tertiary/aromatic N) is 2. The molecule has 10 heteroatoms. The van der Waals surface area contributed by atoms with Crippen LogP contribution in [0.15, 0.2) is 54.6 Å². The van der Waals surface area contributed by atoms with E-state index in [0.717, 1.165) is 30.0 Å². The molecule has 3 aromatic carbocycles. The Morgan fingerprint density at radius 3 is 2.22 bits per heavy atom. The third kappa shape index (κ3) is 6.60. The first-order chi connectivity index (χ1) is 17.7. The number of carbonyl (C=O) groups is 2. The molecule has 1 fully saturated rings. The van der Waals surface area contributed by atoms with Crippen molar-refractivity contribution < 1.29 is 14.3 Å². The Labute approximate surface area is 231 Å². The number of hydrogen-bond donors (Lipinski definition) is 2. The predicted molar refractivity (Wildman–Crippen MR) is 152 cm³/mol. The minimum Gasteiger partial charge on any atom is -0.462 e. The van der Waals surface area contributed by atoms with Crippen molar-refractivity contribution >= 4 is 69.6 Å². The van der Waals surface area contributed by atoms with Crippen molar-refractivity contribution in [2.75, 3.05) is 53.2 Å². The van der Waals surface area contributed by atoms with Crippen molar-refractivity contribution in [3.8, 4) is 0 Å². The molecular weight excluding hydrogens is 535 g/mol. The monoisotopic (exact) mass is 560 g/mol. The van der Waals surface area contributed by atoms with E-state index >= 15 is 0 Å². The van der Waals surface area contributed by atoms with Gasteiger partial charge in [-0.1, -0.05) is 40.9 Å². The zero-order valence-corrected chi connectivity index (χ0v) is 22.8. The van der Waals surface area contributed by atoms with Gasteiger partial charge in [0.25, 0.3) is 0 Å². The number of amides is 2. The second-order valence-corrected chi connectivity index (χ2v) is 9.82. The van der Waals surface area contributed by atoms with Crippen LogP contribution in [0.25, 0.3) is 0 Å². The van der Waals surface area contributed by atoms with E-state index < -0.39 is 12.0 Å². The molecule has 4 rings (SSSR count). The molecule has 0 unspecified atom stereocenters. The molecule has 1 saturated heterocycles. The topological polar surface area (TPSA) is 73.9 Å². The maximum atomic E-state index is 12.9. The lowest BCUT2D eigenvalue weighted by Crippen LogP contribution is -2.47. The van der Waals surface area contributed by atoms with Gasteiger partial charge in [-0.05, 0) is 67.9 Å². The smallest absolute Gasteiger partial charge is 0.338 e. The van der Waals surface area contributed by atoms with E-state index in [2.05, 4.69) is 27.4 Å². The Bertz CT molecular complexity index is 1310. The number of halogens is 3. The molecule has 37 heavy (non-hydrogen) atoms. The summed E-state index contributed by atoms with van der Waals surface area (Å²) >= 11 is 18.3. The molecular formula is C27H27Cl3N4O3. The highest BCUT2D eigenvalue weighted by molar-refractivity contribution is 6.42. The van der Waals surface area contributed by atoms with Crippen LogP contribution in [-0.2, 0) is 4.74 Å². The Kier molecular flexibility index (Phi) is 8.69. The number of rotatable bonds is 6. The van der Waals surface area contributed by atoms with Gasteiger partial charge in [-0.15, -0.1) is 0 Å². The summed E-state index contributed by atoms with van der Waals surface area (Å²) in [5, 5.41) is 7.06. The van der Waals surface area contributed by atoms with Crippen molar-refractivity contribution in [1.82, 2.24) is 0 Å². The fourth-order valence-electron chi connectivity index (χ4n) is 4.22. The maximum Gasteiger partial charge on any atom is 0.338 e. The lowest BCUT2D eigenvalue weighted by Gasteiger charge is -2.38. The fourth-order valence-corrected chi connectivity index (χ4v) is 4.69. The molecule has 194 valence electrons. The average Bonchev–Trinajstić information content (AvgIpc) is 2.88. The minimum absolute atomic E-state index is 0.256. The van der Waals surface area contributed by atoms with Gasteiger partial charge in [0.2, 0.25) is 0 Å². The number of ether oxygens (including phenoxy) is 1. The van der Waals surface area contributed by atoms with Crippen molar-refractivity contribution in [3.05, 3.63) is 80.8 Å². The Morgan fingerprint density at radius 1 is 0.838 bits per heavy atom. The van der Waals surface area contributed by atoms with E-state index in [1.807, 2.05) is 24.3 Å². The van der Waals surface area contributed by atoms with Gasteiger partial charge in [-0.2, -0.15) is 0 Å². The molecule has 0 saturated carbocycles. The zero-order chi connectivity index (χ0) is 26.5. The number of esters is 1. The van der Waals surface area contributed by atoms with Crippen LogP contribution in [0.2, 0.25) is 15.1 Å². The first-order valence-corrected chi connectivity index (χ1v) is 13.0. The van der Waals surface area contributed by atoms with E-state index in [0.29, 0.717) is 45.1 Å². The summed E-state index contributed by atoms with van der Waals surface area (Å²) < 4.78 is 5.15. The van der Waals surface area contributed by atoms with Crippen LogP contribution in [0.3, 0.4) is 0 Å². The number of benzene rings is 3. The molecule has 0 bridgehead atoms. The normalized spacial score (nSPS) is 13.3. The lowest BCUT2D eigenvalue weighted by atomic mass is 10.1. The third-order valence-electron chi connectivity index (χ3n) is 6.07. The number of nitrogens with one attached hydrogen (secondary N) is 2. The maximum absolute atomic E-state index is 12.9. The number of anilines is 4. The Morgan fingerprint density at radius 2 is 1.54 bits per heavy atom. The Balaban J connectivity index is 1.54. The lowest BCUT2D eigenvalue weighted by molar-refractivity contribution is 0.0526. The van der Waals surface area contributed by atoms with E-state index in [1.165, 1.54) is 0 Å². The standard InChI is InChI=1S/C27H27Cl3N4O3/c1-3-37-26(35)18-5-9-24(23(14-18)32-27(36)31-20-7-8-21(29)22(30)16-20)33-10-12-34(13-11-33)25-15-19(28)6-4-17(25)2/h4-9,14-16H,3,10-13H2,1-2H3,(H2,31,32,36). The van der Waals surface area contributed by atoms with E-state index in [4.69, 9.17) is 39.5 Å². The molecule has 1 heterocycles. The number of aryl methyl sites for hydroxylation is 1. The highest BCUT2D eigenvalue weighted by Gasteiger charge is 2.23. The molecule has 0 radical (unpaired) electrons. The SMILES string of the molecule is CCOC(=O)c1ccc(N2CCN(c3cc(Cl)ccc3C)CC2)c(NC(=O)Nc2ccc(Cl)c(Cl)c2)c1. The zero-order valence-electron chi connectivity index (χ0n) is 20.5. The van der Waals surface area contributed by atoms with Gasteiger partial charge in [-0.3, -0.25) is 0 Å². The first-order valence-electron chi connectivity index (χ1n) is 11.9. The first kappa shape index (κ1) is 26.9. The van der Waals surface area contributed by atoms with Crippen molar-refractivity contribution in [3.63, 3.8) is 0 Å². The van der Waals surface area contributed by atoms with Crippen LogP contribution in [0.1, 0.15) is 22.8 Å². The van der Waals surface area contributed by atoms with Crippen LogP contribution in [0.4, 0.5) is 27.5 Å². The van der Waals surface area contributed by atoms with Gasteiger partial charge in [0.1, 0.15) is 0 Å². The van der Waals surface area contributed by atoms with Gasteiger partial charge in [0.05, 0.1) is 33.6 Å². The van der Waals surface area contributed by atoms with Crippen molar-refractivity contribution in [2.45, 2.75) is 13.8 Å². The van der Waals surface area contributed by atoms with Gasteiger partial charge >= 0.3 is 12.0 Å². The average molecular weight is 562 g/mol. The van der Waals surface area contributed by atoms with Gasteiger partial charge in [0, 0.05) is 42.6 Å². The molecule has 3 aromatic rings. The summed E-state index contributed by atoms with van der Waals surface area (Å²) in [5.41, 5.74) is 4.42. The van der Waals surface area contributed by atoms with Crippen LogP contribution in [-0.4, -0.2) is 44.8 Å². The molecule has 7 nitrogen and oxygen atoms in total. The molecule has 0 atom stereocenters. The number of piperazine rings is 1. The minimum atomic E-state index is -0.478. The van der Waals surface area contributed by atoms with E-state index in [1.54, 1.807) is 37.3 Å². The van der Waals surface area contributed by atoms with E-state index in [9.17, 15) is 9.59 Å². The van der Waals surface area contributed by atoms with Crippen LogP contribution in [0, 0.1) is 6.92 Å². The van der Waals surface area contributed by atoms with Crippen LogP contribution < -0.4 is 20.4 Å². The second-order valence-electron chi connectivity index (χ2n) is 8.57. The summed E-state index contributed by atoms with van der Waals surface area (Å²) in [7, 11) is 0. The fraction of sp³-hybridized carbons (Fsp3) is 0.259. The third-order valence-corrected chi connectivity index (χ3v) is 7.04. The highest BCUT2D eigenvalue weighted by atomic mass is 35.5.